The van der Waals surface area contributed by atoms with Gasteiger partial charge in [-0.05, 0) is 53.9 Å². The molecule has 0 saturated carbocycles. The van der Waals surface area contributed by atoms with Gasteiger partial charge in [-0.2, -0.15) is 5.10 Å². The summed E-state index contributed by atoms with van der Waals surface area (Å²) in [5.74, 6) is 1.09. The van der Waals surface area contributed by atoms with Crippen LogP contribution in [0.1, 0.15) is 46.2 Å². The summed E-state index contributed by atoms with van der Waals surface area (Å²) < 4.78 is 6.85. The molecule has 1 aliphatic rings. The van der Waals surface area contributed by atoms with Gasteiger partial charge in [-0.25, -0.2) is 4.68 Å². The summed E-state index contributed by atoms with van der Waals surface area (Å²) >= 11 is 0. The average molecular weight is 433 g/mol. The van der Waals surface area contributed by atoms with E-state index in [0.29, 0.717) is 43.4 Å². The lowest BCUT2D eigenvalue weighted by atomic mass is 10.0. The van der Waals surface area contributed by atoms with Crippen molar-refractivity contribution in [2.45, 2.75) is 19.8 Å². The van der Waals surface area contributed by atoms with Gasteiger partial charge in [0.2, 0.25) is 0 Å². The first-order chi connectivity index (χ1) is 15.5. The van der Waals surface area contributed by atoms with E-state index in [2.05, 4.69) is 18.9 Å². The van der Waals surface area contributed by atoms with E-state index in [-0.39, 0.29) is 11.8 Å². The van der Waals surface area contributed by atoms with Crippen molar-refractivity contribution in [1.82, 2.24) is 19.6 Å². The molecule has 3 aromatic rings. The Morgan fingerprint density at radius 1 is 0.844 bits per heavy atom. The van der Waals surface area contributed by atoms with Gasteiger partial charge in [-0.15, -0.1) is 0 Å². The van der Waals surface area contributed by atoms with E-state index in [9.17, 15) is 9.59 Å². The number of nitrogens with zero attached hydrogens (tertiary/aromatic N) is 4. The second-order valence-corrected chi connectivity index (χ2v) is 8.20. The van der Waals surface area contributed by atoms with Crippen LogP contribution in [0.2, 0.25) is 0 Å². The van der Waals surface area contributed by atoms with Crippen LogP contribution in [0.4, 0.5) is 0 Å². The summed E-state index contributed by atoms with van der Waals surface area (Å²) in [4.78, 5) is 29.3. The first-order valence-corrected chi connectivity index (χ1v) is 10.8. The number of hydrogen-bond acceptors (Lipinski definition) is 4. The highest BCUT2D eigenvalue weighted by atomic mass is 16.5. The van der Waals surface area contributed by atoms with E-state index in [1.54, 1.807) is 29.0 Å². The highest BCUT2D eigenvalue weighted by molar-refractivity contribution is 5.95. The monoisotopic (exact) mass is 432 g/mol. The predicted molar refractivity (Wildman–Crippen MR) is 122 cm³/mol. The van der Waals surface area contributed by atoms with Gasteiger partial charge < -0.3 is 14.5 Å². The fourth-order valence-electron chi connectivity index (χ4n) is 3.78. The summed E-state index contributed by atoms with van der Waals surface area (Å²) in [6, 6.07) is 17.0. The number of ether oxygens (including phenoxy) is 1. The van der Waals surface area contributed by atoms with Crippen LogP contribution < -0.4 is 4.74 Å². The van der Waals surface area contributed by atoms with Crippen molar-refractivity contribution in [2.24, 2.45) is 0 Å². The largest absolute Gasteiger partial charge is 0.497 e. The second kappa shape index (κ2) is 9.26. The molecule has 1 aliphatic heterocycles. The van der Waals surface area contributed by atoms with Crippen molar-refractivity contribution >= 4 is 11.8 Å². The molecule has 1 saturated heterocycles. The van der Waals surface area contributed by atoms with Crippen LogP contribution >= 0.6 is 0 Å². The minimum Gasteiger partial charge on any atom is -0.497 e. The second-order valence-electron chi connectivity index (χ2n) is 8.20. The van der Waals surface area contributed by atoms with Gasteiger partial charge in [0.15, 0.2) is 5.69 Å². The van der Waals surface area contributed by atoms with E-state index in [0.717, 1.165) is 11.4 Å². The van der Waals surface area contributed by atoms with E-state index < -0.39 is 0 Å². The Morgan fingerprint density at radius 2 is 1.44 bits per heavy atom. The molecule has 0 bridgehead atoms. The zero-order valence-corrected chi connectivity index (χ0v) is 18.7. The molecule has 0 unspecified atom stereocenters. The van der Waals surface area contributed by atoms with Crippen LogP contribution in [0.15, 0.2) is 60.8 Å². The fourth-order valence-corrected chi connectivity index (χ4v) is 3.78. The van der Waals surface area contributed by atoms with Crippen LogP contribution in [0.3, 0.4) is 0 Å². The number of piperazine rings is 1. The van der Waals surface area contributed by atoms with Gasteiger partial charge in [0.25, 0.3) is 11.8 Å². The van der Waals surface area contributed by atoms with E-state index in [4.69, 9.17) is 4.74 Å². The maximum absolute atomic E-state index is 12.9. The van der Waals surface area contributed by atoms with Crippen molar-refractivity contribution in [2.75, 3.05) is 33.3 Å². The van der Waals surface area contributed by atoms with Crippen molar-refractivity contribution in [3.63, 3.8) is 0 Å². The smallest absolute Gasteiger partial charge is 0.274 e. The van der Waals surface area contributed by atoms with Crippen LogP contribution in [-0.2, 0) is 0 Å². The molecule has 0 radical (unpaired) electrons. The Balaban J connectivity index is 1.36. The third-order valence-electron chi connectivity index (χ3n) is 5.82. The number of hydrogen-bond donors (Lipinski definition) is 0. The van der Waals surface area contributed by atoms with Crippen molar-refractivity contribution < 1.29 is 14.3 Å². The lowest BCUT2D eigenvalue weighted by Crippen LogP contribution is -2.50. The molecule has 7 heteroatoms. The molecule has 0 atom stereocenters. The Kier molecular flexibility index (Phi) is 6.25. The van der Waals surface area contributed by atoms with E-state index in [1.165, 1.54) is 5.56 Å². The number of carbonyl (C=O) groups excluding carboxylic acids is 2. The van der Waals surface area contributed by atoms with Crippen LogP contribution in [-0.4, -0.2) is 64.7 Å². The van der Waals surface area contributed by atoms with Gasteiger partial charge in [0, 0.05) is 37.9 Å². The highest BCUT2D eigenvalue weighted by Crippen LogP contribution is 2.18. The van der Waals surface area contributed by atoms with Crippen molar-refractivity contribution in [3.8, 4) is 11.4 Å². The van der Waals surface area contributed by atoms with Gasteiger partial charge in [0.05, 0.1) is 12.8 Å². The molecule has 2 amide bonds. The number of amides is 2. The first-order valence-electron chi connectivity index (χ1n) is 10.8. The zero-order valence-electron chi connectivity index (χ0n) is 18.7. The maximum atomic E-state index is 12.9. The predicted octanol–water partition coefficient (Wildman–Crippen LogP) is 3.60. The summed E-state index contributed by atoms with van der Waals surface area (Å²) in [6.07, 6.45) is 1.77. The minimum atomic E-state index is -0.120. The molecule has 7 nitrogen and oxygen atoms in total. The number of rotatable bonds is 5. The Morgan fingerprint density at radius 3 is 2.00 bits per heavy atom. The third kappa shape index (κ3) is 4.51. The maximum Gasteiger partial charge on any atom is 0.274 e. The fraction of sp³-hybridized carbons (Fsp3) is 0.320. The van der Waals surface area contributed by atoms with Crippen LogP contribution in [0, 0.1) is 0 Å². The van der Waals surface area contributed by atoms with Crippen molar-refractivity contribution in [3.05, 3.63) is 77.6 Å². The van der Waals surface area contributed by atoms with Crippen molar-refractivity contribution in [1.29, 1.82) is 0 Å². The normalized spacial score (nSPS) is 14.0. The molecule has 0 aliphatic carbocycles. The lowest BCUT2D eigenvalue weighted by molar-refractivity contribution is 0.0532. The molecule has 32 heavy (non-hydrogen) atoms. The molecule has 2 heterocycles. The van der Waals surface area contributed by atoms with Crippen LogP contribution in [0.5, 0.6) is 5.75 Å². The third-order valence-corrected chi connectivity index (χ3v) is 5.82. The Hall–Kier alpha value is -3.61. The molecular weight excluding hydrogens is 404 g/mol. The van der Waals surface area contributed by atoms with E-state index >= 15 is 0 Å². The zero-order chi connectivity index (χ0) is 22.7. The first kappa shape index (κ1) is 21.6. The number of benzene rings is 2. The number of methoxy groups -OCH3 is 1. The summed E-state index contributed by atoms with van der Waals surface area (Å²) in [7, 11) is 1.62. The standard InChI is InChI=1S/C25H28N4O3/c1-18(2)19-4-6-20(7-5-19)24(30)27-14-16-28(17-15-27)25(31)23-12-13-29(26-23)21-8-10-22(32-3)11-9-21/h4-13,18H,14-17H2,1-3H3. The van der Waals surface area contributed by atoms with Gasteiger partial charge in [0.1, 0.15) is 5.75 Å². The molecule has 0 spiro atoms. The summed E-state index contributed by atoms with van der Waals surface area (Å²) in [5.41, 5.74) is 3.15. The lowest BCUT2D eigenvalue weighted by Gasteiger charge is -2.34. The Bertz CT molecular complexity index is 1080. The molecular formula is C25H28N4O3. The molecule has 4 rings (SSSR count). The Labute approximate surface area is 188 Å². The molecule has 166 valence electrons. The van der Waals surface area contributed by atoms with Crippen LogP contribution in [0.25, 0.3) is 5.69 Å². The number of carbonyl (C=O) groups is 2. The van der Waals surface area contributed by atoms with Gasteiger partial charge >= 0.3 is 0 Å². The van der Waals surface area contributed by atoms with E-state index in [1.807, 2.05) is 53.4 Å². The topological polar surface area (TPSA) is 67.7 Å². The minimum absolute atomic E-state index is 0.0104. The molecule has 0 N–H and O–H groups in total. The summed E-state index contributed by atoms with van der Waals surface area (Å²) in [5, 5.41) is 4.44. The molecule has 2 aromatic carbocycles. The average Bonchev–Trinajstić information content (AvgIpc) is 3.33. The molecule has 1 aromatic heterocycles. The number of aromatic nitrogens is 2. The van der Waals surface area contributed by atoms with Gasteiger partial charge in [-0.3, -0.25) is 9.59 Å². The quantitative estimate of drug-likeness (QED) is 0.618. The highest BCUT2D eigenvalue weighted by Gasteiger charge is 2.26. The van der Waals surface area contributed by atoms with Gasteiger partial charge in [-0.1, -0.05) is 26.0 Å². The molecule has 1 fully saturated rings. The SMILES string of the molecule is COc1ccc(-n2ccc(C(=O)N3CCN(C(=O)c4ccc(C(C)C)cc4)CC3)n2)cc1. The summed E-state index contributed by atoms with van der Waals surface area (Å²) in [6.45, 7) is 6.26.